The van der Waals surface area contributed by atoms with E-state index in [1.807, 2.05) is 0 Å². The van der Waals surface area contributed by atoms with E-state index >= 15 is 0 Å². The summed E-state index contributed by atoms with van der Waals surface area (Å²) in [6.07, 6.45) is 4.95. The number of H-pyrrole nitrogens is 1. The smallest absolute Gasteiger partial charge is 0.183 e. The first-order chi connectivity index (χ1) is 8.84. The van der Waals surface area contributed by atoms with Crippen molar-refractivity contribution in [3.05, 3.63) is 41.7 Å². The fraction of sp³-hybridized carbons (Fsp3) is 0.385. The van der Waals surface area contributed by atoms with E-state index in [-0.39, 0.29) is 6.04 Å². The van der Waals surface area contributed by atoms with Gasteiger partial charge in [0.25, 0.3) is 0 Å². The first kappa shape index (κ1) is 11.7. The molecule has 1 aliphatic rings. The molecule has 0 saturated heterocycles. The fourth-order valence-electron chi connectivity index (χ4n) is 2.49. The predicted octanol–water partition coefficient (Wildman–Crippen LogP) is 2.30. The second kappa shape index (κ2) is 5.12. The molecule has 18 heavy (non-hydrogen) atoms. The third kappa shape index (κ3) is 2.28. The summed E-state index contributed by atoms with van der Waals surface area (Å²) in [5.41, 5.74) is 9.10. The maximum Gasteiger partial charge on any atom is 0.183 e. The molecule has 1 heterocycles. The number of thioether (sulfide) groups is 1. The highest BCUT2D eigenvalue weighted by atomic mass is 32.2. The molecule has 0 radical (unpaired) electrons. The van der Waals surface area contributed by atoms with Gasteiger partial charge in [-0.2, -0.15) is 5.10 Å². The summed E-state index contributed by atoms with van der Waals surface area (Å²) in [6.45, 7) is 0. The van der Waals surface area contributed by atoms with Gasteiger partial charge in [-0.05, 0) is 30.4 Å². The maximum absolute atomic E-state index is 6.42. The van der Waals surface area contributed by atoms with Crippen molar-refractivity contribution >= 4 is 11.8 Å². The van der Waals surface area contributed by atoms with Crippen LogP contribution in [0.2, 0.25) is 0 Å². The van der Waals surface area contributed by atoms with Crippen molar-refractivity contribution in [1.82, 2.24) is 15.2 Å². The minimum Gasteiger partial charge on any atom is -0.323 e. The van der Waals surface area contributed by atoms with E-state index in [1.54, 1.807) is 18.1 Å². The maximum atomic E-state index is 6.42. The zero-order chi connectivity index (χ0) is 12.4. The Balaban J connectivity index is 1.85. The Kier molecular flexibility index (Phi) is 3.34. The standard InChI is InChI=1S/C13H16N4S/c14-12-10-6-2-1-4-9(10)5-3-7-11(12)18-13-15-8-16-17-13/h1-2,4,6,8,11-12H,3,5,7,14H2,(H,15,16,17). The predicted molar refractivity (Wildman–Crippen MR) is 72.3 cm³/mol. The number of benzene rings is 1. The number of aromatic nitrogens is 3. The van der Waals surface area contributed by atoms with Crippen molar-refractivity contribution in [2.75, 3.05) is 0 Å². The second-order valence-corrected chi connectivity index (χ2v) is 5.79. The van der Waals surface area contributed by atoms with Gasteiger partial charge in [0.1, 0.15) is 6.33 Å². The highest BCUT2D eigenvalue weighted by Gasteiger charge is 2.26. The van der Waals surface area contributed by atoms with Crippen LogP contribution in [0.5, 0.6) is 0 Å². The third-order valence-electron chi connectivity index (χ3n) is 3.41. The molecule has 2 aromatic rings. The van der Waals surface area contributed by atoms with Crippen LogP contribution in [0, 0.1) is 0 Å². The topological polar surface area (TPSA) is 67.6 Å². The third-order valence-corrected chi connectivity index (χ3v) is 4.66. The molecule has 0 aliphatic heterocycles. The number of aryl methyl sites for hydroxylation is 1. The second-order valence-electron chi connectivity index (χ2n) is 4.56. The normalized spacial score (nSPS) is 23.4. The Hall–Kier alpha value is -1.33. The van der Waals surface area contributed by atoms with Crippen LogP contribution >= 0.6 is 11.8 Å². The van der Waals surface area contributed by atoms with Crippen LogP contribution in [0.3, 0.4) is 0 Å². The van der Waals surface area contributed by atoms with Gasteiger partial charge in [0.05, 0.1) is 0 Å². The van der Waals surface area contributed by atoms with E-state index in [0.717, 1.165) is 18.0 Å². The number of hydrogen-bond acceptors (Lipinski definition) is 4. The quantitative estimate of drug-likeness (QED) is 0.813. The fourth-order valence-corrected chi connectivity index (χ4v) is 3.57. The summed E-state index contributed by atoms with van der Waals surface area (Å²) in [6, 6.07) is 8.57. The van der Waals surface area contributed by atoms with Gasteiger partial charge in [-0.15, -0.1) is 0 Å². The van der Waals surface area contributed by atoms with Crippen molar-refractivity contribution in [1.29, 1.82) is 0 Å². The number of rotatable bonds is 2. The molecule has 0 amide bonds. The molecule has 1 aromatic heterocycles. The summed E-state index contributed by atoms with van der Waals surface area (Å²) in [5.74, 6) is 0. The van der Waals surface area contributed by atoms with Gasteiger partial charge < -0.3 is 5.73 Å². The average Bonchev–Trinajstić information content (AvgIpc) is 2.85. The molecule has 5 heteroatoms. The molecule has 0 bridgehead atoms. The van der Waals surface area contributed by atoms with Crippen LogP contribution in [0.25, 0.3) is 0 Å². The van der Waals surface area contributed by atoms with Gasteiger partial charge in [0.2, 0.25) is 0 Å². The molecule has 3 N–H and O–H groups in total. The van der Waals surface area contributed by atoms with Crippen molar-refractivity contribution in [2.45, 2.75) is 35.7 Å². The molecule has 94 valence electrons. The highest BCUT2D eigenvalue weighted by Crippen LogP contribution is 2.36. The number of fused-ring (bicyclic) bond motifs is 1. The van der Waals surface area contributed by atoms with E-state index < -0.39 is 0 Å². The molecular weight excluding hydrogens is 244 g/mol. The van der Waals surface area contributed by atoms with Crippen LogP contribution in [0.4, 0.5) is 0 Å². The Morgan fingerprint density at radius 2 is 2.22 bits per heavy atom. The Morgan fingerprint density at radius 1 is 1.33 bits per heavy atom. The number of nitrogens with two attached hydrogens (primary N) is 1. The van der Waals surface area contributed by atoms with Crippen LogP contribution in [-0.2, 0) is 6.42 Å². The molecule has 2 atom stereocenters. The van der Waals surface area contributed by atoms with Gasteiger partial charge in [-0.1, -0.05) is 36.0 Å². The lowest BCUT2D eigenvalue weighted by Gasteiger charge is -2.21. The SMILES string of the molecule is NC1c2ccccc2CCCC1Sc1ncn[nH]1. The largest absolute Gasteiger partial charge is 0.323 e. The Bertz CT molecular complexity index is 511. The first-order valence-corrected chi connectivity index (χ1v) is 7.08. The van der Waals surface area contributed by atoms with Crippen LogP contribution < -0.4 is 5.73 Å². The van der Waals surface area contributed by atoms with Crippen LogP contribution in [-0.4, -0.2) is 20.4 Å². The molecule has 1 aromatic carbocycles. The Labute approximate surface area is 110 Å². The average molecular weight is 260 g/mol. The number of nitrogens with zero attached hydrogens (tertiary/aromatic N) is 2. The summed E-state index contributed by atoms with van der Waals surface area (Å²) < 4.78 is 0. The number of aromatic amines is 1. The number of nitrogens with one attached hydrogen (secondary N) is 1. The molecule has 0 saturated carbocycles. The summed E-state index contributed by atoms with van der Waals surface area (Å²) in [4.78, 5) is 4.17. The van der Waals surface area contributed by atoms with Crippen LogP contribution in [0.15, 0.2) is 35.7 Å². The Morgan fingerprint density at radius 3 is 3.06 bits per heavy atom. The van der Waals surface area contributed by atoms with Gasteiger partial charge in [-0.25, -0.2) is 4.98 Å². The molecule has 2 unspecified atom stereocenters. The summed E-state index contributed by atoms with van der Waals surface area (Å²) >= 11 is 1.70. The molecule has 3 rings (SSSR count). The lowest BCUT2D eigenvalue weighted by atomic mass is 10.00. The number of hydrogen-bond donors (Lipinski definition) is 2. The van der Waals surface area contributed by atoms with E-state index in [1.165, 1.54) is 17.5 Å². The van der Waals surface area contributed by atoms with E-state index in [9.17, 15) is 0 Å². The van der Waals surface area contributed by atoms with Crippen molar-refractivity contribution in [3.63, 3.8) is 0 Å². The molecular formula is C13H16N4S. The molecule has 1 aliphatic carbocycles. The van der Waals surface area contributed by atoms with E-state index in [2.05, 4.69) is 39.4 Å². The van der Waals surface area contributed by atoms with Crippen molar-refractivity contribution in [3.8, 4) is 0 Å². The monoisotopic (exact) mass is 260 g/mol. The zero-order valence-corrected chi connectivity index (χ0v) is 10.9. The first-order valence-electron chi connectivity index (χ1n) is 6.20. The van der Waals surface area contributed by atoms with Crippen molar-refractivity contribution < 1.29 is 0 Å². The molecule has 4 nitrogen and oxygen atoms in total. The van der Waals surface area contributed by atoms with Gasteiger partial charge >= 0.3 is 0 Å². The minimum absolute atomic E-state index is 0.0683. The minimum atomic E-state index is 0.0683. The lowest BCUT2D eigenvalue weighted by molar-refractivity contribution is 0.630. The molecule has 0 spiro atoms. The van der Waals surface area contributed by atoms with E-state index in [0.29, 0.717) is 5.25 Å². The summed E-state index contributed by atoms with van der Waals surface area (Å²) in [7, 11) is 0. The van der Waals surface area contributed by atoms with Gasteiger partial charge in [0.15, 0.2) is 5.16 Å². The van der Waals surface area contributed by atoms with Gasteiger partial charge in [-0.3, -0.25) is 5.10 Å². The zero-order valence-electron chi connectivity index (χ0n) is 10.0. The summed E-state index contributed by atoms with van der Waals surface area (Å²) in [5, 5.41) is 8.00. The van der Waals surface area contributed by atoms with Crippen molar-refractivity contribution in [2.24, 2.45) is 5.73 Å². The molecule has 0 fully saturated rings. The highest BCUT2D eigenvalue weighted by molar-refractivity contribution is 7.99. The van der Waals surface area contributed by atoms with Gasteiger partial charge in [0, 0.05) is 11.3 Å². The van der Waals surface area contributed by atoms with E-state index in [4.69, 9.17) is 5.73 Å². The van der Waals surface area contributed by atoms with Crippen LogP contribution in [0.1, 0.15) is 30.0 Å². The lowest BCUT2D eigenvalue weighted by Crippen LogP contribution is -2.23.